The van der Waals surface area contributed by atoms with Gasteiger partial charge in [0.1, 0.15) is 0 Å². The highest BCUT2D eigenvalue weighted by Gasteiger charge is 2.23. The maximum absolute atomic E-state index is 12.1. The topological polar surface area (TPSA) is 89.5 Å². The van der Waals surface area contributed by atoms with Crippen molar-refractivity contribution >= 4 is 21.7 Å². The zero-order chi connectivity index (χ0) is 16.9. The van der Waals surface area contributed by atoms with E-state index < -0.39 is 22.4 Å². The molecular formula is C16H21NO5S. The number of hydrogen-bond donors (Lipinski definition) is 1. The van der Waals surface area contributed by atoms with Crippen molar-refractivity contribution in [1.29, 1.82) is 0 Å². The fraction of sp³-hybridized carbons (Fsp3) is 0.500. The molecule has 0 spiro atoms. The third kappa shape index (κ3) is 4.54. The second-order valence-corrected chi connectivity index (χ2v) is 7.77. The fourth-order valence-electron chi connectivity index (χ4n) is 2.61. The van der Waals surface area contributed by atoms with Crippen LogP contribution in [0.5, 0.6) is 0 Å². The molecule has 6 nitrogen and oxygen atoms in total. The predicted molar refractivity (Wildman–Crippen MR) is 84.9 cm³/mol. The third-order valence-electron chi connectivity index (χ3n) is 3.88. The number of carbonyl (C=O) groups excluding carboxylic acids is 2. The molecule has 0 unspecified atom stereocenters. The zero-order valence-electron chi connectivity index (χ0n) is 13.1. The molecule has 0 bridgehead atoms. The molecule has 1 N–H and O–H groups in total. The van der Waals surface area contributed by atoms with Gasteiger partial charge in [0.15, 0.2) is 16.4 Å². The number of benzene rings is 1. The van der Waals surface area contributed by atoms with Gasteiger partial charge in [-0.15, -0.1) is 0 Å². The number of esters is 1. The minimum Gasteiger partial charge on any atom is -0.452 e. The van der Waals surface area contributed by atoms with Crippen LogP contribution < -0.4 is 5.32 Å². The van der Waals surface area contributed by atoms with E-state index in [9.17, 15) is 18.0 Å². The van der Waals surface area contributed by atoms with Crippen molar-refractivity contribution in [2.45, 2.75) is 43.5 Å². The Hall–Kier alpha value is -1.89. The largest absolute Gasteiger partial charge is 0.452 e. The van der Waals surface area contributed by atoms with Crippen molar-refractivity contribution in [3.05, 3.63) is 29.8 Å². The average molecular weight is 339 g/mol. The summed E-state index contributed by atoms with van der Waals surface area (Å²) in [5, 5.41) is 2.81. The van der Waals surface area contributed by atoms with Gasteiger partial charge in [-0.05, 0) is 25.0 Å². The molecule has 1 fully saturated rings. The van der Waals surface area contributed by atoms with E-state index in [2.05, 4.69) is 5.32 Å². The lowest BCUT2D eigenvalue weighted by atomic mass is 10.2. The Kier molecular flexibility index (Phi) is 5.76. The molecule has 2 rings (SSSR count). The number of nitrogens with one attached hydrogen (secondary N) is 1. The van der Waals surface area contributed by atoms with Gasteiger partial charge >= 0.3 is 5.97 Å². The molecule has 1 aromatic rings. The first-order valence-corrected chi connectivity index (χ1v) is 9.37. The van der Waals surface area contributed by atoms with Crippen molar-refractivity contribution in [1.82, 2.24) is 5.32 Å². The van der Waals surface area contributed by atoms with E-state index in [-0.39, 0.29) is 28.2 Å². The Morgan fingerprint density at radius 3 is 2.52 bits per heavy atom. The van der Waals surface area contributed by atoms with E-state index in [0.717, 1.165) is 25.7 Å². The number of amides is 1. The molecule has 0 aliphatic heterocycles. The summed E-state index contributed by atoms with van der Waals surface area (Å²) in [5.41, 5.74) is -0.0389. The molecule has 0 aromatic heterocycles. The summed E-state index contributed by atoms with van der Waals surface area (Å²) >= 11 is 0. The van der Waals surface area contributed by atoms with Gasteiger partial charge < -0.3 is 10.1 Å². The van der Waals surface area contributed by atoms with Crippen LogP contribution in [-0.2, 0) is 19.4 Å². The van der Waals surface area contributed by atoms with E-state index >= 15 is 0 Å². The van der Waals surface area contributed by atoms with Crippen LogP contribution in [0, 0.1) is 0 Å². The maximum atomic E-state index is 12.1. The molecule has 1 amide bonds. The van der Waals surface area contributed by atoms with Gasteiger partial charge in [0.25, 0.3) is 5.91 Å². The summed E-state index contributed by atoms with van der Waals surface area (Å²) in [6, 6.07) is 6.01. The minimum absolute atomic E-state index is 0.0389. The summed E-state index contributed by atoms with van der Waals surface area (Å²) in [5.74, 6) is -1.28. The van der Waals surface area contributed by atoms with Gasteiger partial charge in [0.2, 0.25) is 0 Å². The Morgan fingerprint density at radius 1 is 1.22 bits per heavy atom. The SMILES string of the molecule is CCS(=O)(=O)c1ccccc1C(=O)OCC(=O)NC1CCCC1. The molecular weight excluding hydrogens is 318 g/mol. The summed E-state index contributed by atoms with van der Waals surface area (Å²) < 4.78 is 29.0. The molecule has 0 saturated heterocycles. The van der Waals surface area contributed by atoms with Gasteiger partial charge in [-0.3, -0.25) is 4.79 Å². The highest BCUT2D eigenvalue weighted by molar-refractivity contribution is 7.91. The van der Waals surface area contributed by atoms with Crippen molar-refractivity contribution in [2.24, 2.45) is 0 Å². The van der Waals surface area contributed by atoms with Gasteiger partial charge in [0, 0.05) is 6.04 Å². The van der Waals surface area contributed by atoms with E-state index in [1.807, 2.05) is 0 Å². The van der Waals surface area contributed by atoms with Crippen molar-refractivity contribution in [3.63, 3.8) is 0 Å². The summed E-state index contributed by atoms with van der Waals surface area (Å²) in [6.45, 7) is 1.10. The molecule has 1 aliphatic rings. The lowest BCUT2D eigenvalue weighted by molar-refractivity contribution is -0.124. The van der Waals surface area contributed by atoms with Crippen molar-refractivity contribution in [2.75, 3.05) is 12.4 Å². The first-order chi connectivity index (χ1) is 10.9. The second kappa shape index (κ2) is 7.59. The summed E-state index contributed by atoms with van der Waals surface area (Å²) in [7, 11) is -3.53. The second-order valence-electron chi connectivity index (χ2n) is 5.52. The maximum Gasteiger partial charge on any atom is 0.339 e. The van der Waals surface area contributed by atoms with Gasteiger partial charge in [-0.25, -0.2) is 13.2 Å². The average Bonchev–Trinajstić information content (AvgIpc) is 3.05. The zero-order valence-corrected chi connectivity index (χ0v) is 13.9. The summed E-state index contributed by atoms with van der Waals surface area (Å²) in [6.07, 6.45) is 4.06. The molecule has 23 heavy (non-hydrogen) atoms. The van der Waals surface area contributed by atoms with Crippen LogP contribution in [0.2, 0.25) is 0 Å². The minimum atomic E-state index is -3.53. The normalized spacial score (nSPS) is 15.3. The fourth-order valence-corrected chi connectivity index (χ4v) is 3.69. The molecule has 7 heteroatoms. The van der Waals surface area contributed by atoms with E-state index in [1.165, 1.54) is 19.1 Å². The van der Waals surface area contributed by atoms with Crippen LogP contribution in [0.4, 0.5) is 0 Å². The van der Waals surface area contributed by atoms with Crippen LogP contribution in [-0.4, -0.2) is 38.7 Å². The molecule has 126 valence electrons. The highest BCUT2D eigenvalue weighted by Crippen LogP contribution is 2.19. The Bertz CT molecular complexity index is 677. The summed E-state index contributed by atoms with van der Waals surface area (Å²) in [4.78, 5) is 23.8. The Labute approximate surface area is 136 Å². The first kappa shape index (κ1) is 17.5. The van der Waals surface area contributed by atoms with Gasteiger partial charge in [0.05, 0.1) is 16.2 Å². The number of sulfone groups is 1. The van der Waals surface area contributed by atoms with Crippen molar-refractivity contribution < 1.29 is 22.7 Å². The van der Waals surface area contributed by atoms with Gasteiger partial charge in [-0.1, -0.05) is 31.9 Å². The smallest absolute Gasteiger partial charge is 0.339 e. The van der Waals surface area contributed by atoms with E-state index in [0.29, 0.717) is 0 Å². The van der Waals surface area contributed by atoms with E-state index in [4.69, 9.17) is 4.74 Å². The van der Waals surface area contributed by atoms with Crippen LogP contribution in [0.1, 0.15) is 43.0 Å². The molecule has 0 radical (unpaired) electrons. The van der Waals surface area contributed by atoms with Crippen LogP contribution in [0.25, 0.3) is 0 Å². The van der Waals surface area contributed by atoms with Gasteiger partial charge in [-0.2, -0.15) is 0 Å². The van der Waals surface area contributed by atoms with E-state index in [1.54, 1.807) is 12.1 Å². The first-order valence-electron chi connectivity index (χ1n) is 7.72. The lowest BCUT2D eigenvalue weighted by Crippen LogP contribution is -2.36. The van der Waals surface area contributed by atoms with Crippen LogP contribution >= 0.6 is 0 Å². The van der Waals surface area contributed by atoms with Crippen LogP contribution in [0.15, 0.2) is 29.2 Å². The molecule has 1 saturated carbocycles. The Morgan fingerprint density at radius 2 is 1.87 bits per heavy atom. The molecule has 0 heterocycles. The monoisotopic (exact) mass is 339 g/mol. The number of rotatable bonds is 6. The number of carbonyl (C=O) groups is 2. The highest BCUT2D eigenvalue weighted by atomic mass is 32.2. The third-order valence-corrected chi connectivity index (χ3v) is 5.66. The predicted octanol–water partition coefficient (Wildman–Crippen LogP) is 1.70. The molecule has 0 atom stereocenters. The van der Waals surface area contributed by atoms with Crippen molar-refractivity contribution in [3.8, 4) is 0 Å². The lowest BCUT2D eigenvalue weighted by Gasteiger charge is -2.12. The number of hydrogen-bond acceptors (Lipinski definition) is 5. The standard InChI is InChI=1S/C16H21NO5S/c1-2-23(20,21)14-10-6-5-9-13(14)16(19)22-11-15(18)17-12-7-3-4-8-12/h5-6,9-10,12H,2-4,7-8,11H2,1H3,(H,17,18). The molecule has 1 aromatic carbocycles. The quantitative estimate of drug-likeness (QED) is 0.797. The Balaban J connectivity index is 1.99. The van der Waals surface area contributed by atoms with Crippen LogP contribution in [0.3, 0.4) is 0 Å². The number of ether oxygens (including phenoxy) is 1. The molecule has 1 aliphatic carbocycles.